The average molecular weight is 378 g/mol. The Kier molecular flexibility index (Phi) is 6.41. The standard InChI is InChI=1S/C20H28ClN3O2/c1-15-7-11-24(12-8-15)20(26)17-13-16(22-19(25)14-21)5-6-18(17)23-9-3-2-4-10-23/h5-6,13,15H,2-4,7-12,14H2,1H3,(H,22,25). The zero-order valence-electron chi connectivity index (χ0n) is 15.5. The van der Waals surface area contributed by atoms with Gasteiger partial charge in [-0.25, -0.2) is 0 Å². The third-order valence-corrected chi connectivity index (χ3v) is 5.64. The summed E-state index contributed by atoms with van der Waals surface area (Å²) < 4.78 is 0. The van der Waals surface area contributed by atoms with E-state index in [1.807, 2.05) is 23.1 Å². The van der Waals surface area contributed by atoms with E-state index in [1.165, 1.54) is 6.42 Å². The Bertz CT molecular complexity index is 650. The molecular formula is C20H28ClN3O2. The van der Waals surface area contributed by atoms with E-state index >= 15 is 0 Å². The van der Waals surface area contributed by atoms with Gasteiger partial charge in [-0.2, -0.15) is 0 Å². The van der Waals surface area contributed by atoms with Crippen molar-refractivity contribution in [2.45, 2.75) is 39.0 Å². The van der Waals surface area contributed by atoms with Crippen LogP contribution in [0.15, 0.2) is 18.2 Å². The molecule has 0 atom stereocenters. The zero-order valence-corrected chi connectivity index (χ0v) is 16.2. The van der Waals surface area contributed by atoms with Gasteiger partial charge < -0.3 is 15.1 Å². The SMILES string of the molecule is CC1CCN(C(=O)c2cc(NC(=O)CCl)ccc2N2CCCCC2)CC1. The molecule has 0 bridgehead atoms. The van der Waals surface area contributed by atoms with Crippen LogP contribution in [0.2, 0.25) is 0 Å². The molecule has 5 nitrogen and oxygen atoms in total. The number of halogens is 1. The van der Waals surface area contributed by atoms with E-state index in [0.29, 0.717) is 17.2 Å². The van der Waals surface area contributed by atoms with Gasteiger partial charge in [-0.1, -0.05) is 6.92 Å². The van der Waals surface area contributed by atoms with Crippen molar-refractivity contribution in [2.24, 2.45) is 5.92 Å². The number of hydrogen-bond donors (Lipinski definition) is 1. The van der Waals surface area contributed by atoms with Gasteiger partial charge >= 0.3 is 0 Å². The fourth-order valence-corrected chi connectivity index (χ4v) is 3.84. The average Bonchev–Trinajstić information content (AvgIpc) is 2.68. The van der Waals surface area contributed by atoms with Crippen molar-refractivity contribution in [2.75, 3.05) is 42.3 Å². The maximum absolute atomic E-state index is 13.2. The quantitative estimate of drug-likeness (QED) is 0.813. The van der Waals surface area contributed by atoms with Gasteiger partial charge in [0.25, 0.3) is 5.91 Å². The maximum atomic E-state index is 13.2. The number of carbonyl (C=O) groups is 2. The van der Waals surface area contributed by atoms with Gasteiger partial charge in [-0.05, 0) is 56.2 Å². The van der Waals surface area contributed by atoms with Crippen molar-refractivity contribution in [3.63, 3.8) is 0 Å². The molecule has 142 valence electrons. The minimum Gasteiger partial charge on any atom is -0.371 e. The van der Waals surface area contributed by atoms with Crippen molar-refractivity contribution >= 4 is 34.8 Å². The topological polar surface area (TPSA) is 52.7 Å². The summed E-state index contributed by atoms with van der Waals surface area (Å²) in [6.45, 7) is 5.80. The molecule has 0 unspecified atom stereocenters. The van der Waals surface area contributed by atoms with Crippen molar-refractivity contribution in [3.05, 3.63) is 23.8 Å². The highest BCUT2D eigenvalue weighted by atomic mass is 35.5. The van der Waals surface area contributed by atoms with Crippen LogP contribution < -0.4 is 10.2 Å². The summed E-state index contributed by atoms with van der Waals surface area (Å²) in [5.41, 5.74) is 2.30. The first-order valence-corrected chi connectivity index (χ1v) is 10.2. The van der Waals surface area contributed by atoms with Crippen LogP contribution in [0.25, 0.3) is 0 Å². The number of nitrogens with zero attached hydrogens (tertiary/aromatic N) is 2. The smallest absolute Gasteiger partial charge is 0.256 e. The lowest BCUT2D eigenvalue weighted by Gasteiger charge is -2.34. The van der Waals surface area contributed by atoms with Gasteiger partial charge in [-0.15, -0.1) is 11.6 Å². The van der Waals surface area contributed by atoms with Gasteiger partial charge in [0.05, 0.1) is 5.56 Å². The summed E-state index contributed by atoms with van der Waals surface area (Å²) in [6, 6.07) is 5.65. The molecule has 1 N–H and O–H groups in total. The third kappa shape index (κ3) is 4.50. The molecule has 0 radical (unpaired) electrons. The number of anilines is 2. The van der Waals surface area contributed by atoms with Crippen LogP contribution in [0.1, 0.15) is 49.4 Å². The Hall–Kier alpha value is -1.75. The van der Waals surface area contributed by atoms with E-state index in [0.717, 1.165) is 57.5 Å². The highest BCUT2D eigenvalue weighted by molar-refractivity contribution is 6.29. The van der Waals surface area contributed by atoms with Crippen molar-refractivity contribution in [1.29, 1.82) is 0 Å². The van der Waals surface area contributed by atoms with Gasteiger partial charge in [-0.3, -0.25) is 9.59 Å². The molecule has 1 aromatic rings. The first-order valence-electron chi connectivity index (χ1n) is 9.62. The van der Waals surface area contributed by atoms with E-state index in [1.54, 1.807) is 0 Å². The third-order valence-electron chi connectivity index (χ3n) is 5.40. The van der Waals surface area contributed by atoms with Crippen molar-refractivity contribution in [3.8, 4) is 0 Å². The van der Waals surface area contributed by atoms with Crippen LogP contribution in [0.3, 0.4) is 0 Å². The molecule has 2 fully saturated rings. The van der Waals surface area contributed by atoms with E-state index in [2.05, 4.69) is 17.1 Å². The van der Waals surface area contributed by atoms with Crippen LogP contribution in [0.4, 0.5) is 11.4 Å². The number of benzene rings is 1. The summed E-state index contributed by atoms with van der Waals surface area (Å²) in [4.78, 5) is 29.1. The molecule has 0 aromatic heterocycles. The predicted octanol–water partition coefficient (Wildman–Crippen LogP) is 3.73. The highest BCUT2D eigenvalue weighted by Crippen LogP contribution is 2.29. The molecule has 0 aliphatic carbocycles. The molecule has 3 rings (SSSR count). The molecule has 2 amide bonds. The van der Waals surface area contributed by atoms with Crippen LogP contribution >= 0.6 is 11.6 Å². The summed E-state index contributed by atoms with van der Waals surface area (Å²) in [5.74, 6) is 0.387. The first kappa shape index (κ1) is 19.0. The summed E-state index contributed by atoms with van der Waals surface area (Å²) in [5, 5.41) is 2.77. The normalized spacial score (nSPS) is 18.7. The Morgan fingerprint density at radius 2 is 1.81 bits per heavy atom. The van der Waals surface area contributed by atoms with E-state index in [4.69, 9.17) is 11.6 Å². The minimum absolute atomic E-state index is 0.0689. The van der Waals surface area contributed by atoms with Crippen LogP contribution in [0, 0.1) is 5.92 Å². The zero-order chi connectivity index (χ0) is 18.5. The van der Waals surface area contributed by atoms with E-state index < -0.39 is 0 Å². The second-order valence-electron chi connectivity index (χ2n) is 7.44. The molecule has 0 spiro atoms. The van der Waals surface area contributed by atoms with Crippen LogP contribution in [-0.4, -0.2) is 48.8 Å². The summed E-state index contributed by atoms with van der Waals surface area (Å²) in [7, 11) is 0. The Balaban J connectivity index is 1.88. The molecule has 1 aromatic carbocycles. The predicted molar refractivity (Wildman–Crippen MR) is 106 cm³/mol. The van der Waals surface area contributed by atoms with Gasteiger partial charge in [0.2, 0.25) is 5.91 Å². The van der Waals surface area contributed by atoms with Crippen LogP contribution in [-0.2, 0) is 4.79 Å². The second kappa shape index (κ2) is 8.76. The summed E-state index contributed by atoms with van der Waals surface area (Å²) in [6.07, 6.45) is 5.65. The fourth-order valence-electron chi connectivity index (χ4n) is 3.77. The fraction of sp³-hybridized carbons (Fsp3) is 0.600. The first-order chi connectivity index (χ1) is 12.6. The Morgan fingerprint density at radius 3 is 2.46 bits per heavy atom. The number of alkyl halides is 1. The summed E-state index contributed by atoms with van der Waals surface area (Å²) >= 11 is 5.60. The van der Waals surface area contributed by atoms with Crippen molar-refractivity contribution in [1.82, 2.24) is 4.90 Å². The second-order valence-corrected chi connectivity index (χ2v) is 7.70. The number of carbonyl (C=O) groups excluding carboxylic acids is 2. The van der Waals surface area contributed by atoms with Crippen molar-refractivity contribution < 1.29 is 9.59 Å². The number of amides is 2. The molecule has 2 aliphatic rings. The monoisotopic (exact) mass is 377 g/mol. The molecular weight excluding hydrogens is 350 g/mol. The van der Waals surface area contributed by atoms with Crippen LogP contribution in [0.5, 0.6) is 0 Å². The van der Waals surface area contributed by atoms with E-state index in [9.17, 15) is 9.59 Å². The van der Waals surface area contributed by atoms with Gasteiger partial charge in [0.1, 0.15) is 5.88 Å². The largest absolute Gasteiger partial charge is 0.371 e. The molecule has 2 saturated heterocycles. The van der Waals surface area contributed by atoms with Gasteiger partial charge in [0, 0.05) is 37.6 Å². The lowest BCUT2D eigenvalue weighted by atomic mass is 9.98. The number of likely N-dealkylation sites (tertiary alicyclic amines) is 1. The molecule has 26 heavy (non-hydrogen) atoms. The minimum atomic E-state index is -0.261. The maximum Gasteiger partial charge on any atom is 0.256 e. The lowest BCUT2D eigenvalue weighted by molar-refractivity contribution is -0.113. The highest BCUT2D eigenvalue weighted by Gasteiger charge is 2.26. The number of rotatable bonds is 4. The number of piperidine rings is 2. The Labute approximate surface area is 160 Å². The lowest BCUT2D eigenvalue weighted by Crippen LogP contribution is -2.39. The number of hydrogen-bond acceptors (Lipinski definition) is 3. The molecule has 2 aliphatic heterocycles. The Morgan fingerprint density at radius 1 is 1.12 bits per heavy atom. The van der Waals surface area contributed by atoms with Gasteiger partial charge in [0.15, 0.2) is 0 Å². The van der Waals surface area contributed by atoms with E-state index in [-0.39, 0.29) is 17.7 Å². The molecule has 0 saturated carbocycles. The number of nitrogens with one attached hydrogen (secondary N) is 1. The molecule has 6 heteroatoms. The molecule has 2 heterocycles.